The number of fused-ring (bicyclic) bond motifs is 6. The van der Waals surface area contributed by atoms with Crippen molar-refractivity contribution in [1.82, 2.24) is 4.98 Å². The number of aromatic amines is 1. The predicted octanol–water partition coefficient (Wildman–Crippen LogP) is 6.12. The zero-order valence-corrected chi connectivity index (χ0v) is 13.7. The molecule has 0 amide bonds. The van der Waals surface area contributed by atoms with Crippen LogP contribution in [0.3, 0.4) is 0 Å². The van der Waals surface area contributed by atoms with Gasteiger partial charge in [-0.1, -0.05) is 36.4 Å². The van der Waals surface area contributed by atoms with Gasteiger partial charge in [-0.05, 0) is 35.9 Å². The summed E-state index contributed by atoms with van der Waals surface area (Å²) < 4.78 is 6.40. The number of nitrogens with zero attached hydrogens (tertiary/aromatic N) is 1. The SMILES string of the molecule is N#Cc1ccc2c3c(cccc13)Oc1c-2ccc2[nH]c3ccccc3c12. The molecule has 0 bridgehead atoms. The molecule has 26 heavy (non-hydrogen) atoms. The Kier molecular flexibility index (Phi) is 2.42. The van der Waals surface area contributed by atoms with Gasteiger partial charge in [0.1, 0.15) is 11.5 Å². The first-order valence-electron chi connectivity index (χ1n) is 8.52. The van der Waals surface area contributed by atoms with Crippen LogP contribution in [0.5, 0.6) is 11.5 Å². The van der Waals surface area contributed by atoms with Crippen molar-refractivity contribution in [3.8, 4) is 28.7 Å². The molecular formula is C23H12N2O. The van der Waals surface area contributed by atoms with Gasteiger partial charge in [-0.25, -0.2) is 0 Å². The van der Waals surface area contributed by atoms with Crippen molar-refractivity contribution in [2.24, 2.45) is 0 Å². The fourth-order valence-corrected chi connectivity index (χ4v) is 4.12. The summed E-state index contributed by atoms with van der Waals surface area (Å²) >= 11 is 0. The van der Waals surface area contributed by atoms with E-state index < -0.39 is 0 Å². The summed E-state index contributed by atoms with van der Waals surface area (Å²) in [6, 6.07) is 24.6. The minimum atomic E-state index is 0.672. The summed E-state index contributed by atoms with van der Waals surface area (Å²) in [6.45, 7) is 0. The van der Waals surface area contributed by atoms with Crippen LogP contribution in [0, 0.1) is 11.3 Å². The van der Waals surface area contributed by atoms with Gasteiger partial charge in [0.15, 0.2) is 0 Å². The zero-order chi connectivity index (χ0) is 17.3. The van der Waals surface area contributed by atoms with Gasteiger partial charge in [-0.3, -0.25) is 0 Å². The second-order valence-corrected chi connectivity index (χ2v) is 6.59. The van der Waals surface area contributed by atoms with Crippen molar-refractivity contribution in [2.45, 2.75) is 0 Å². The van der Waals surface area contributed by atoms with Crippen molar-refractivity contribution in [2.75, 3.05) is 0 Å². The number of hydrogen-bond acceptors (Lipinski definition) is 2. The third-order valence-electron chi connectivity index (χ3n) is 5.25. The molecule has 1 N–H and O–H groups in total. The number of aromatic nitrogens is 1. The van der Waals surface area contributed by atoms with E-state index in [-0.39, 0.29) is 0 Å². The lowest BCUT2D eigenvalue weighted by Gasteiger charge is -2.22. The molecule has 1 aromatic heterocycles. The largest absolute Gasteiger partial charge is 0.455 e. The third kappa shape index (κ3) is 1.56. The molecular weight excluding hydrogens is 320 g/mol. The van der Waals surface area contributed by atoms with Gasteiger partial charge in [-0.2, -0.15) is 5.26 Å². The third-order valence-corrected chi connectivity index (χ3v) is 5.25. The molecule has 0 radical (unpaired) electrons. The van der Waals surface area contributed by atoms with E-state index in [9.17, 15) is 5.26 Å². The number of H-pyrrole nitrogens is 1. The minimum Gasteiger partial charge on any atom is -0.455 e. The fraction of sp³-hybridized carbons (Fsp3) is 0. The van der Waals surface area contributed by atoms with Crippen molar-refractivity contribution in [3.05, 3.63) is 72.3 Å². The first-order valence-corrected chi connectivity index (χ1v) is 8.52. The van der Waals surface area contributed by atoms with Crippen LogP contribution in [0.2, 0.25) is 0 Å². The van der Waals surface area contributed by atoms with Gasteiger partial charge < -0.3 is 9.72 Å². The van der Waals surface area contributed by atoms with Crippen LogP contribution in [-0.2, 0) is 0 Å². The normalized spacial score (nSPS) is 12.1. The Hall–Kier alpha value is -3.77. The molecule has 0 aliphatic carbocycles. The topological polar surface area (TPSA) is 48.8 Å². The van der Waals surface area contributed by atoms with Crippen LogP contribution in [0.1, 0.15) is 5.56 Å². The Morgan fingerprint density at radius 2 is 1.58 bits per heavy atom. The molecule has 6 rings (SSSR count). The Bertz CT molecular complexity index is 1420. The van der Waals surface area contributed by atoms with Gasteiger partial charge in [0, 0.05) is 27.2 Å². The summed E-state index contributed by atoms with van der Waals surface area (Å²) in [4.78, 5) is 3.47. The van der Waals surface area contributed by atoms with E-state index >= 15 is 0 Å². The van der Waals surface area contributed by atoms with Crippen molar-refractivity contribution in [3.63, 3.8) is 0 Å². The van der Waals surface area contributed by atoms with Gasteiger partial charge in [0.05, 0.1) is 22.5 Å². The molecule has 5 aromatic rings. The van der Waals surface area contributed by atoms with Gasteiger partial charge >= 0.3 is 0 Å². The number of benzene rings is 4. The Morgan fingerprint density at radius 3 is 2.50 bits per heavy atom. The molecule has 2 heterocycles. The lowest BCUT2D eigenvalue weighted by atomic mass is 9.91. The highest BCUT2D eigenvalue weighted by atomic mass is 16.5. The van der Waals surface area contributed by atoms with E-state index in [0.717, 1.165) is 55.2 Å². The molecule has 120 valence electrons. The van der Waals surface area contributed by atoms with E-state index in [1.807, 2.05) is 42.5 Å². The first-order chi connectivity index (χ1) is 12.8. The van der Waals surface area contributed by atoms with Crippen LogP contribution in [0.15, 0.2) is 66.7 Å². The maximum atomic E-state index is 9.44. The van der Waals surface area contributed by atoms with Gasteiger partial charge in [-0.15, -0.1) is 0 Å². The first kappa shape index (κ1) is 13.5. The molecule has 0 spiro atoms. The number of rotatable bonds is 0. The molecule has 1 aliphatic heterocycles. The molecule has 3 nitrogen and oxygen atoms in total. The van der Waals surface area contributed by atoms with Crippen molar-refractivity contribution >= 4 is 32.6 Å². The Balaban J connectivity index is 1.80. The van der Waals surface area contributed by atoms with E-state index in [0.29, 0.717) is 5.56 Å². The number of ether oxygens (including phenoxy) is 1. The number of para-hydroxylation sites is 1. The van der Waals surface area contributed by atoms with E-state index in [2.05, 4.69) is 35.3 Å². The maximum absolute atomic E-state index is 9.44. The lowest BCUT2D eigenvalue weighted by Crippen LogP contribution is -1.98. The molecule has 1 aliphatic rings. The standard InChI is InChI=1S/C23H12N2O/c24-12-13-8-9-15-16-10-11-19-22(17-4-1-2-6-18(17)25-19)23(16)26-20-7-3-5-14(13)21(15)20/h1-11,25H. The summed E-state index contributed by atoms with van der Waals surface area (Å²) in [5.41, 5.74) is 5.02. The van der Waals surface area contributed by atoms with Crippen LogP contribution >= 0.6 is 0 Å². The van der Waals surface area contributed by atoms with Crippen LogP contribution in [0.4, 0.5) is 0 Å². The molecule has 4 aromatic carbocycles. The summed E-state index contributed by atoms with van der Waals surface area (Å²) in [6.07, 6.45) is 0. The summed E-state index contributed by atoms with van der Waals surface area (Å²) in [5.74, 6) is 1.68. The van der Waals surface area contributed by atoms with E-state index in [1.165, 1.54) is 0 Å². The molecule has 0 saturated heterocycles. The zero-order valence-electron chi connectivity index (χ0n) is 13.7. The molecule has 0 unspecified atom stereocenters. The highest BCUT2D eigenvalue weighted by Gasteiger charge is 2.24. The highest BCUT2D eigenvalue weighted by Crippen LogP contribution is 2.50. The average Bonchev–Trinajstić information content (AvgIpc) is 3.07. The van der Waals surface area contributed by atoms with E-state index in [4.69, 9.17) is 4.74 Å². The van der Waals surface area contributed by atoms with Crippen molar-refractivity contribution < 1.29 is 4.74 Å². The molecule has 0 fully saturated rings. The predicted molar refractivity (Wildman–Crippen MR) is 104 cm³/mol. The molecule has 3 heteroatoms. The highest BCUT2D eigenvalue weighted by molar-refractivity contribution is 6.16. The summed E-state index contributed by atoms with van der Waals surface area (Å²) in [7, 11) is 0. The van der Waals surface area contributed by atoms with Crippen LogP contribution in [-0.4, -0.2) is 4.98 Å². The molecule has 0 atom stereocenters. The number of hydrogen-bond donors (Lipinski definition) is 1. The van der Waals surface area contributed by atoms with Gasteiger partial charge in [0.25, 0.3) is 0 Å². The fourth-order valence-electron chi connectivity index (χ4n) is 4.12. The lowest BCUT2D eigenvalue weighted by molar-refractivity contribution is 0.493. The summed E-state index contributed by atoms with van der Waals surface area (Å²) in [5, 5.41) is 13.6. The van der Waals surface area contributed by atoms with Gasteiger partial charge in [0.2, 0.25) is 0 Å². The quantitative estimate of drug-likeness (QED) is 0.364. The number of nitrogens with one attached hydrogen (secondary N) is 1. The van der Waals surface area contributed by atoms with Crippen LogP contribution in [0.25, 0.3) is 43.7 Å². The average molecular weight is 332 g/mol. The molecule has 0 saturated carbocycles. The Morgan fingerprint density at radius 1 is 0.731 bits per heavy atom. The van der Waals surface area contributed by atoms with Crippen molar-refractivity contribution in [1.29, 1.82) is 5.26 Å². The second-order valence-electron chi connectivity index (χ2n) is 6.59. The smallest absolute Gasteiger partial charge is 0.145 e. The maximum Gasteiger partial charge on any atom is 0.145 e. The van der Waals surface area contributed by atoms with E-state index in [1.54, 1.807) is 0 Å². The minimum absolute atomic E-state index is 0.672. The number of nitriles is 1. The second kappa shape index (κ2) is 4.65. The Labute approximate surface area is 149 Å². The monoisotopic (exact) mass is 332 g/mol. The van der Waals surface area contributed by atoms with Crippen LogP contribution < -0.4 is 4.74 Å².